The Morgan fingerprint density at radius 3 is 0.628 bits per heavy atom. The maximum Gasteiger partial charge on any atom is 0.405 e. The molecule has 0 aromatic rings. The number of aliphatic hydroxyl groups is 20. The molecule has 1 unspecified atom stereocenters. The molecule has 145 heavy (non-hydrogen) atoms. The minimum atomic E-state index is -1.90. The Hall–Kier alpha value is -4.69. The van der Waals surface area contributed by atoms with E-state index in [1.54, 1.807) is 0 Å². The van der Waals surface area contributed by atoms with Crippen LogP contribution in [0.2, 0.25) is 0 Å². The van der Waals surface area contributed by atoms with E-state index < -0.39 is 192 Å². The summed E-state index contributed by atoms with van der Waals surface area (Å²) in [5.74, 6) is -2.42. The number of ether oxygens (including phenoxy) is 24. The number of nitrogens with two attached hydrogens (primary N) is 1. The molecule has 5 amide bonds. The number of unbranched alkanes of at least 4 members (excludes halogenated alkanes) is 1. The summed E-state index contributed by atoms with van der Waals surface area (Å²) in [6.07, 6.45) is -29.8. The lowest BCUT2D eigenvalue weighted by Gasteiger charge is -2.33. The van der Waals surface area contributed by atoms with Crippen molar-refractivity contribution in [3.63, 3.8) is 0 Å². The molecule has 57 heteroatoms. The average Bonchev–Trinajstić information content (AvgIpc) is 0.867. The van der Waals surface area contributed by atoms with Gasteiger partial charge in [0.25, 0.3) is 0 Å². The van der Waals surface area contributed by atoms with Crippen LogP contribution in [0.1, 0.15) is 32.1 Å². The van der Waals surface area contributed by atoms with Gasteiger partial charge >= 0.3 is 6.09 Å². The van der Waals surface area contributed by atoms with Gasteiger partial charge in [-0.25, -0.2) is 4.79 Å². The lowest BCUT2D eigenvalue weighted by atomic mass is 10.0. The number of aliphatic hydroxyl groups excluding tert-OH is 20. The van der Waals surface area contributed by atoms with Gasteiger partial charge in [0.2, 0.25) is 23.6 Å². The van der Waals surface area contributed by atoms with Crippen LogP contribution in [0.15, 0.2) is 0 Å². The Kier molecular flexibility index (Phi) is 96.7. The van der Waals surface area contributed by atoms with Crippen LogP contribution in [0.5, 0.6) is 0 Å². The third-order valence-corrected chi connectivity index (χ3v) is 20.3. The van der Waals surface area contributed by atoms with Gasteiger partial charge in [-0.05, 0) is 19.3 Å². The van der Waals surface area contributed by atoms with E-state index in [2.05, 4.69) is 16.0 Å². The largest absolute Gasteiger partial charge is 0.465 e. The van der Waals surface area contributed by atoms with Crippen LogP contribution in [-0.4, -0.2) is 652 Å². The zero-order valence-electron chi connectivity index (χ0n) is 83.6. The molecule has 0 aromatic carbocycles. The van der Waals surface area contributed by atoms with Crippen LogP contribution in [0.3, 0.4) is 0 Å². The fraction of sp³-hybridized carbons (Fsp3) is 0.943. The van der Waals surface area contributed by atoms with Crippen LogP contribution >= 0.6 is 0 Å². The Balaban J connectivity index is 4.03. The molecule has 0 saturated heterocycles. The molecule has 0 heterocycles. The number of carboxylic acid groups (broad SMARTS) is 1. The van der Waals surface area contributed by atoms with E-state index in [9.17, 15) is 106 Å². The molecule has 0 bridgehead atoms. The lowest BCUT2D eigenvalue weighted by molar-refractivity contribution is -0.131. The van der Waals surface area contributed by atoms with Crippen LogP contribution < -0.4 is 27.0 Å². The molecule has 862 valence electrons. The summed E-state index contributed by atoms with van der Waals surface area (Å²) < 4.78 is 132. The summed E-state index contributed by atoms with van der Waals surface area (Å²) in [7, 11) is 0. The molecule has 0 fully saturated rings. The van der Waals surface area contributed by atoms with Crippen molar-refractivity contribution in [2.75, 3.05) is 396 Å². The highest BCUT2D eigenvalue weighted by Crippen LogP contribution is 2.15. The molecular weight excluding hydrogens is 1950 g/mol. The van der Waals surface area contributed by atoms with E-state index in [-0.39, 0.29) is 158 Å². The molecule has 0 radical (unpaired) electrons. The first-order valence-corrected chi connectivity index (χ1v) is 48.8. The van der Waals surface area contributed by atoms with Crippen molar-refractivity contribution in [1.82, 2.24) is 31.1 Å². The smallest absolute Gasteiger partial charge is 0.405 e. The highest BCUT2D eigenvalue weighted by atomic mass is 16.6. The first kappa shape index (κ1) is 140. The van der Waals surface area contributed by atoms with Crippen LogP contribution in [-0.2, 0) is 133 Å². The molecule has 57 nitrogen and oxygen atoms in total. The quantitative estimate of drug-likeness (QED) is 0.0251. The summed E-state index contributed by atoms with van der Waals surface area (Å²) >= 11 is 0. The van der Waals surface area contributed by atoms with Crippen molar-refractivity contribution in [3.8, 4) is 0 Å². The molecule has 0 aromatic heterocycles. The van der Waals surface area contributed by atoms with Crippen molar-refractivity contribution in [2.45, 2.75) is 142 Å². The third kappa shape index (κ3) is 82.6. The molecule has 18 atom stereocenters. The maximum atomic E-state index is 13.3. The van der Waals surface area contributed by atoms with E-state index in [0.29, 0.717) is 218 Å². The van der Waals surface area contributed by atoms with Gasteiger partial charge in [0.1, 0.15) is 85.3 Å². The Labute approximate surface area is 846 Å². The fourth-order valence-corrected chi connectivity index (χ4v) is 12.0. The number of nitrogens with one attached hydrogen (secondary N) is 4. The third-order valence-electron chi connectivity index (χ3n) is 20.3. The minimum absolute atomic E-state index is 0.00132. The first-order chi connectivity index (χ1) is 70.1. The maximum absolute atomic E-state index is 13.3. The number of nitrogens with zero attached hydrogens (tertiary/aromatic N) is 2. The van der Waals surface area contributed by atoms with Gasteiger partial charge in [0.15, 0.2) is 0 Å². The zero-order chi connectivity index (χ0) is 107. The van der Waals surface area contributed by atoms with E-state index in [1.807, 2.05) is 5.32 Å². The van der Waals surface area contributed by atoms with Gasteiger partial charge in [-0.1, -0.05) is 0 Å². The Morgan fingerprint density at radius 1 is 0.234 bits per heavy atom. The van der Waals surface area contributed by atoms with Crippen LogP contribution in [0.25, 0.3) is 0 Å². The van der Waals surface area contributed by atoms with Crippen molar-refractivity contribution < 1.29 is 245 Å². The first-order valence-electron chi connectivity index (χ1n) is 48.8. The number of primary amides is 1. The van der Waals surface area contributed by atoms with Crippen molar-refractivity contribution in [1.29, 1.82) is 0 Å². The van der Waals surface area contributed by atoms with E-state index >= 15 is 0 Å². The van der Waals surface area contributed by atoms with Crippen molar-refractivity contribution >= 4 is 29.7 Å². The normalized spacial score (nSPS) is 15.8. The standard InChI is InChI=1S/C88H175N7O50/c89-86(118)66(93-88(120)121)3-1-2-6-90-87(119)67(92-77(109)5-10-123-14-18-127-22-26-131-30-34-135-38-42-139-46-50-143-54-56-145-52-48-141-44-40-137-36-32-133-28-24-129-20-16-125-12-8-95(60-70(102)80(112)84(116)74(106)64-98)61-71(103)81(113)85(117)75(107)65-99)57-91-76(108)4-9-122-13-17-126-21-25-130-29-33-134-37-41-138-45-49-142-53-55-144-51-47-140-43-39-136-35-31-132-27-23-128-19-15-124-11-7-94(58-68(100)78(110)82(114)72(104)62-96)59-69(101)79(111)83(115)73(105)63-97/h66-75,78-85,93,96-107,110-117H,1-65H2,(H2,89,118)(H,90,119)(H,91,108)(H,92,109)(H,120,121)/t66-,67?,68-,69-,70-,71-,72+,73+,74-,75+,78+,79+,80+,81+,82+,83+,84+,85+/m0/s1. The Morgan fingerprint density at radius 2 is 0.428 bits per heavy atom. The summed E-state index contributed by atoms with van der Waals surface area (Å²) in [4.78, 5) is 64.3. The summed E-state index contributed by atoms with van der Waals surface area (Å²) in [6.45, 7) is 8.62. The number of hydrogen-bond donors (Lipinski definition) is 26. The number of carbonyl (C=O) groups is 5. The molecule has 0 aliphatic carbocycles. The topological polar surface area (TPSA) is 812 Å². The van der Waals surface area contributed by atoms with Gasteiger partial charge in [-0.15, -0.1) is 0 Å². The second-order valence-corrected chi connectivity index (χ2v) is 32.0. The lowest BCUT2D eigenvalue weighted by Crippen LogP contribution is -2.53. The molecule has 27 N–H and O–H groups in total. The minimum Gasteiger partial charge on any atom is -0.465 e. The van der Waals surface area contributed by atoms with Crippen molar-refractivity contribution in [2.24, 2.45) is 5.73 Å². The fourth-order valence-electron chi connectivity index (χ4n) is 12.0. The molecule has 0 aliphatic heterocycles. The predicted molar refractivity (Wildman–Crippen MR) is 502 cm³/mol. The van der Waals surface area contributed by atoms with Crippen LogP contribution in [0.4, 0.5) is 4.79 Å². The molecule has 0 aliphatic rings. The molecular formula is C88H175N7O50. The molecule has 0 rings (SSSR count). The summed E-state index contributed by atoms with van der Waals surface area (Å²) in [5.41, 5.74) is 5.29. The number of rotatable bonds is 113. The highest BCUT2D eigenvalue weighted by molar-refractivity contribution is 5.88. The number of carbonyl (C=O) groups excluding carboxylic acids is 4. The zero-order valence-corrected chi connectivity index (χ0v) is 83.6. The van der Waals surface area contributed by atoms with Gasteiger partial charge in [0.05, 0.1) is 368 Å². The number of amides is 5. The summed E-state index contributed by atoms with van der Waals surface area (Å²) in [5, 5.41) is 217. The molecule has 0 saturated carbocycles. The Bertz CT molecular complexity index is 2840. The van der Waals surface area contributed by atoms with Gasteiger partial charge in [0, 0.05) is 65.2 Å². The van der Waals surface area contributed by atoms with Crippen LogP contribution in [0, 0.1) is 0 Å². The van der Waals surface area contributed by atoms with Crippen molar-refractivity contribution in [3.05, 3.63) is 0 Å². The van der Waals surface area contributed by atoms with E-state index in [0.717, 1.165) is 0 Å². The molecule has 0 spiro atoms. The highest BCUT2D eigenvalue weighted by Gasteiger charge is 2.37. The average molecular weight is 2130 g/mol. The number of hydrogen-bond acceptors (Lipinski definition) is 51. The van der Waals surface area contributed by atoms with E-state index in [4.69, 9.17) is 145 Å². The summed E-state index contributed by atoms with van der Waals surface area (Å²) in [6, 6.07) is -2.29. The van der Waals surface area contributed by atoms with Gasteiger partial charge in [-0.3, -0.25) is 29.0 Å². The van der Waals surface area contributed by atoms with Gasteiger partial charge < -0.3 is 248 Å². The second kappa shape index (κ2) is 99.9. The SMILES string of the molecule is NC(=O)[C@H](CCCCNC(=O)C(CNC(=O)CCOCCOCCOCCOCCOCCOCCOCCOCCOCCOCCOCCOCCN(C[C@H](O)[C@@H](O)[C@H](O)[C@H](O)CO)C[C@H](O)[C@@H](O)[C@H](O)[C@H](O)CO)NC(=O)CCOCCOCCOCCOCCOCCOCCOCCOCCOCCOCCOCCOCCN(C[C@H](O)[C@@H](O)[C@H](O)[C@H](O)CO)C[C@H](O)[C@@H](O)[C@H](O)[C@@H](O)CO)NC(=O)O. The predicted octanol–water partition coefficient (Wildman–Crippen LogP) is -14.5. The van der Waals surface area contributed by atoms with E-state index in [1.165, 1.54) is 9.80 Å². The second-order valence-electron chi connectivity index (χ2n) is 32.0. The monoisotopic (exact) mass is 2130 g/mol. The van der Waals surface area contributed by atoms with Gasteiger partial charge in [-0.2, -0.15) is 0 Å².